The average Bonchev–Trinajstić information content (AvgIpc) is 2.36. The van der Waals surface area contributed by atoms with Gasteiger partial charge in [0.2, 0.25) is 11.8 Å². The van der Waals surface area contributed by atoms with E-state index in [4.69, 9.17) is 4.74 Å². The zero-order valence-electron chi connectivity index (χ0n) is 10.9. The van der Waals surface area contributed by atoms with Gasteiger partial charge in [-0.2, -0.15) is 4.98 Å². The molecule has 0 aliphatic rings. The lowest BCUT2D eigenvalue weighted by Crippen LogP contribution is -2.09. The first-order valence-electron chi connectivity index (χ1n) is 6.11. The van der Waals surface area contributed by atoms with Crippen LogP contribution in [0.3, 0.4) is 0 Å². The first kappa shape index (κ1) is 13.3. The summed E-state index contributed by atoms with van der Waals surface area (Å²) in [4.78, 5) is 8.30. The molecule has 100 valence electrons. The van der Waals surface area contributed by atoms with Crippen LogP contribution in [0.2, 0.25) is 0 Å². The SMILES string of the molecule is CC(C)Oc1ccnc(NCc2cccc(F)c2)n1. The molecule has 19 heavy (non-hydrogen) atoms. The summed E-state index contributed by atoms with van der Waals surface area (Å²) in [6.45, 7) is 4.33. The molecule has 1 aromatic heterocycles. The van der Waals surface area contributed by atoms with Crippen molar-refractivity contribution >= 4 is 5.95 Å². The van der Waals surface area contributed by atoms with Crippen LogP contribution in [-0.4, -0.2) is 16.1 Å². The molecule has 1 heterocycles. The number of hydrogen-bond donors (Lipinski definition) is 1. The van der Waals surface area contributed by atoms with Crippen LogP contribution >= 0.6 is 0 Å². The lowest BCUT2D eigenvalue weighted by Gasteiger charge is -2.10. The Kier molecular flexibility index (Phi) is 4.28. The van der Waals surface area contributed by atoms with Crippen molar-refractivity contribution in [1.29, 1.82) is 0 Å². The highest BCUT2D eigenvalue weighted by molar-refractivity contribution is 5.30. The molecule has 0 saturated heterocycles. The van der Waals surface area contributed by atoms with Crippen LogP contribution in [0.15, 0.2) is 36.5 Å². The van der Waals surface area contributed by atoms with Crippen LogP contribution in [0.1, 0.15) is 19.4 Å². The second-order valence-electron chi connectivity index (χ2n) is 4.37. The number of nitrogens with zero attached hydrogens (tertiary/aromatic N) is 2. The molecule has 0 spiro atoms. The van der Waals surface area contributed by atoms with Crippen molar-refractivity contribution in [1.82, 2.24) is 9.97 Å². The molecule has 0 atom stereocenters. The summed E-state index contributed by atoms with van der Waals surface area (Å²) < 4.78 is 18.5. The largest absolute Gasteiger partial charge is 0.475 e. The van der Waals surface area contributed by atoms with Crippen LogP contribution in [0.5, 0.6) is 5.88 Å². The average molecular weight is 261 g/mol. The van der Waals surface area contributed by atoms with Crippen LogP contribution in [0, 0.1) is 5.82 Å². The Hall–Kier alpha value is -2.17. The fourth-order valence-electron chi connectivity index (χ4n) is 1.56. The second-order valence-corrected chi connectivity index (χ2v) is 4.37. The number of rotatable bonds is 5. The lowest BCUT2D eigenvalue weighted by molar-refractivity contribution is 0.232. The van der Waals surface area contributed by atoms with E-state index in [0.717, 1.165) is 5.56 Å². The Balaban J connectivity index is 1.99. The summed E-state index contributed by atoms with van der Waals surface area (Å²) in [5, 5.41) is 3.03. The Morgan fingerprint density at radius 1 is 1.32 bits per heavy atom. The molecule has 0 fully saturated rings. The van der Waals surface area contributed by atoms with E-state index in [2.05, 4.69) is 15.3 Å². The summed E-state index contributed by atoms with van der Waals surface area (Å²) in [6.07, 6.45) is 1.68. The summed E-state index contributed by atoms with van der Waals surface area (Å²) in [7, 11) is 0. The standard InChI is InChI=1S/C14H16FN3O/c1-10(2)19-13-6-7-16-14(18-13)17-9-11-4-3-5-12(15)8-11/h3-8,10H,9H2,1-2H3,(H,16,17,18). The molecule has 0 unspecified atom stereocenters. The number of anilines is 1. The van der Waals surface area contributed by atoms with Crippen molar-refractivity contribution in [2.75, 3.05) is 5.32 Å². The zero-order chi connectivity index (χ0) is 13.7. The Morgan fingerprint density at radius 2 is 2.16 bits per heavy atom. The summed E-state index contributed by atoms with van der Waals surface area (Å²) in [5.41, 5.74) is 0.832. The van der Waals surface area contributed by atoms with Crippen molar-refractivity contribution in [2.45, 2.75) is 26.5 Å². The van der Waals surface area contributed by atoms with Crippen molar-refractivity contribution in [3.05, 3.63) is 47.9 Å². The minimum atomic E-state index is -0.253. The van der Waals surface area contributed by atoms with E-state index in [1.165, 1.54) is 12.1 Å². The van der Waals surface area contributed by atoms with E-state index in [-0.39, 0.29) is 11.9 Å². The van der Waals surface area contributed by atoms with E-state index >= 15 is 0 Å². The molecule has 0 aliphatic carbocycles. The molecule has 0 bridgehead atoms. The smallest absolute Gasteiger partial charge is 0.226 e. The van der Waals surface area contributed by atoms with Gasteiger partial charge in [-0.25, -0.2) is 9.37 Å². The molecule has 1 aromatic carbocycles. The van der Waals surface area contributed by atoms with Gasteiger partial charge in [0.1, 0.15) is 5.82 Å². The van der Waals surface area contributed by atoms with E-state index in [9.17, 15) is 4.39 Å². The Morgan fingerprint density at radius 3 is 2.89 bits per heavy atom. The zero-order valence-corrected chi connectivity index (χ0v) is 10.9. The first-order chi connectivity index (χ1) is 9.13. The van der Waals surface area contributed by atoms with Gasteiger partial charge in [0.05, 0.1) is 6.10 Å². The quantitative estimate of drug-likeness (QED) is 0.898. The molecule has 0 saturated carbocycles. The number of benzene rings is 1. The Bertz CT molecular complexity index is 546. The van der Waals surface area contributed by atoms with Gasteiger partial charge in [-0.15, -0.1) is 0 Å². The van der Waals surface area contributed by atoms with E-state index in [1.807, 2.05) is 19.9 Å². The van der Waals surface area contributed by atoms with Gasteiger partial charge in [0, 0.05) is 18.8 Å². The summed E-state index contributed by atoms with van der Waals surface area (Å²) >= 11 is 0. The van der Waals surface area contributed by atoms with Gasteiger partial charge in [0.25, 0.3) is 0 Å². The third-order valence-electron chi connectivity index (χ3n) is 2.33. The van der Waals surface area contributed by atoms with Crippen LogP contribution in [0.25, 0.3) is 0 Å². The molecule has 0 amide bonds. The third-order valence-corrected chi connectivity index (χ3v) is 2.33. The van der Waals surface area contributed by atoms with Crippen LogP contribution < -0.4 is 10.1 Å². The highest BCUT2D eigenvalue weighted by atomic mass is 19.1. The molecule has 4 nitrogen and oxygen atoms in total. The maximum Gasteiger partial charge on any atom is 0.226 e. The maximum absolute atomic E-state index is 13.0. The molecule has 5 heteroatoms. The topological polar surface area (TPSA) is 47.0 Å². The predicted molar refractivity (Wildman–Crippen MR) is 71.5 cm³/mol. The number of aromatic nitrogens is 2. The Labute approximate surface area is 111 Å². The molecular weight excluding hydrogens is 245 g/mol. The summed E-state index contributed by atoms with van der Waals surface area (Å²) in [6, 6.07) is 8.10. The van der Waals surface area contributed by atoms with Crippen LogP contribution in [0.4, 0.5) is 10.3 Å². The minimum Gasteiger partial charge on any atom is -0.475 e. The van der Waals surface area contributed by atoms with Gasteiger partial charge in [-0.1, -0.05) is 12.1 Å². The molecule has 2 rings (SSSR count). The van der Waals surface area contributed by atoms with Gasteiger partial charge >= 0.3 is 0 Å². The maximum atomic E-state index is 13.0. The number of nitrogens with one attached hydrogen (secondary N) is 1. The minimum absolute atomic E-state index is 0.0611. The van der Waals surface area contributed by atoms with Gasteiger partial charge < -0.3 is 10.1 Å². The van der Waals surface area contributed by atoms with Gasteiger partial charge in [-0.05, 0) is 31.5 Å². The van der Waals surface area contributed by atoms with Crippen LogP contribution in [-0.2, 0) is 6.54 Å². The fourth-order valence-corrected chi connectivity index (χ4v) is 1.56. The van der Waals surface area contributed by atoms with Crippen molar-refractivity contribution in [3.63, 3.8) is 0 Å². The molecule has 0 radical (unpaired) electrons. The number of ether oxygens (including phenoxy) is 1. The van der Waals surface area contributed by atoms with E-state index in [1.54, 1.807) is 18.3 Å². The molecule has 1 N–H and O–H groups in total. The van der Waals surface area contributed by atoms with Gasteiger partial charge in [-0.3, -0.25) is 0 Å². The van der Waals surface area contributed by atoms with Crippen molar-refractivity contribution < 1.29 is 9.13 Å². The van der Waals surface area contributed by atoms with Crippen molar-refractivity contribution in [2.24, 2.45) is 0 Å². The normalized spacial score (nSPS) is 10.5. The second kappa shape index (κ2) is 6.13. The fraction of sp³-hybridized carbons (Fsp3) is 0.286. The highest BCUT2D eigenvalue weighted by Gasteiger charge is 2.02. The van der Waals surface area contributed by atoms with E-state index in [0.29, 0.717) is 18.4 Å². The summed E-state index contributed by atoms with van der Waals surface area (Å²) in [5.74, 6) is 0.728. The highest BCUT2D eigenvalue weighted by Crippen LogP contribution is 2.11. The van der Waals surface area contributed by atoms with E-state index < -0.39 is 0 Å². The first-order valence-corrected chi connectivity index (χ1v) is 6.11. The van der Waals surface area contributed by atoms with Crippen molar-refractivity contribution in [3.8, 4) is 5.88 Å². The predicted octanol–water partition coefficient (Wildman–Crippen LogP) is 3.02. The monoisotopic (exact) mass is 261 g/mol. The van der Waals surface area contributed by atoms with Gasteiger partial charge in [0.15, 0.2) is 0 Å². The number of halogens is 1. The molecule has 0 aliphatic heterocycles. The molecule has 2 aromatic rings. The third kappa shape index (κ3) is 4.21. The number of hydrogen-bond acceptors (Lipinski definition) is 4. The lowest BCUT2D eigenvalue weighted by atomic mass is 10.2. The molecular formula is C14H16FN3O.